The van der Waals surface area contributed by atoms with Crippen molar-refractivity contribution in [3.8, 4) is 5.75 Å². The van der Waals surface area contributed by atoms with Crippen LogP contribution in [0.25, 0.3) is 6.08 Å². The Kier molecular flexibility index (Phi) is 4.51. The van der Waals surface area contributed by atoms with Crippen LogP contribution in [0.1, 0.15) is 11.1 Å². The Morgan fingerprint density at radius 2 is 2.16 bits per heavy atom. The minimum Gasteiger partial charge on any atom is -0.478 e. The zero-order chi connectivity index (χ0) is 14.6. The van der Waals surface area contributed by atoms with Crippen LogP contribution in [-0.4, -0.2) is 22.6 Å². The SMILES string of the molecule is Cc1c(/C=C/C(=O)O)ccc(OC(F)F)c1[N+](=O)[O-]. The first-order valence-corrected chi connectivity index (χ1v) is 4.96. The van der Waals surface area contributed by atoms with Crippen LogP contribution < -0.4 is 4.74 Å². The third kappa shape index (κ3) is 3.73. The van der Waals surface area contributed by atoms with Crippen LogP contribution in [0.3, 0.4) is 0 Å². The van der Waals surface area contributed by atoms with Crippen molar-refractivity contribution in [1.82, 2.24) is 0 Å². The van der Waals surface area contributed by atoms with Crippen molar-refractivity contribution in [2.75, 3.05) is 0 Å². The predicted octanol–water partition coefficient (Wildman–Crippen LogP) is 2.60. The van der Waals surface area contributed by atoms with Gasteiger partial charge in [0.05, 0.1) is 4.92 Å². The van der Waals surface area contributed by atoms with E-state index < -0.39 is 28.9 Å². The van der Waals surface area contributed by atoms with Gasteiger partial charge in [-0.15, -0.1) is 0 Å². The molecule has 0 spiro atoms. The molecule has 0 saturated heterocycles. The Balaban J connectivity index is 3.30. The molecule has 102 valence electrons. The Morgan fingerprint density at radius 3 is 2.63 bits per heavy atom. The molecule has 0 radical (unpaired) electrons. The number of carboxylic acids is 1. The molecule has 0 aliphatic rings. The van der Waals surface area contributed by atoms with Crippen LogP contribution in [0, 0.1) is 17.0 Å². The molecule has 8 heteroatoms. The number of aliphatic carboxylic acids is 1. The van der Waals surface area contributed by atoms with Crippen LogP contribution in [-0.2, 0) is 4.79 Å². The number of halogens is 2. The van der Waals surface area contributed by atoms with Crippen molar-refractivity contribution in [1.29, 1.82) is 0 Å². The molecule has 0 atom stereocenters. The molecule has 0 aliphatic heterocycles. The summed E-state index contributed by atoms with van der Waals surface area (Å²) in [5.41, 5.74) is -0.343. The van der Waals surface area contributed by atoms with E-state index in [9.17, 15) is 23.7 Å². The standard InChI is InChI=1S/C11H9F2NO5/c1-6-7(3-5-9(15)16)2-4-8(19-11(12)13)10(6)14(17)18/h2-5,11H,1H3,(H,15,16)/b5-3+. The molecule has 0 bridgehead atoms. The van der Waals surface area contributed by atoms with E-state index in [-0.39, 0.29) is 11.1 Å². The molecule has 1 aromatic rings. The number of nitrogens with zero attached hydrogens (tertiary/aromatic N) is 1. The highest BCUT2D eigenvalue weighted by Gasteiger charge is 2.23. The fourth-order valence-electron chi connectivity index (χ4n) is 1.45. The van der Waals surface area contributed by atoms with Crippen molar-refractivity contribution in [2.45, 2.75) is 13.5 Å². The van der Waals surface area contributed by atoms with Gasteiger partial charge >= 0.3 is 18.3 Å². The maximum absolute atomic E-state index is 12.1. The highest BCUT2D eigenvalue weighted by atomic mass is 19.3. The number of hydrogen-bond donors (Lipinski definition) is 1. The number of ether oxygens (including phenoxy) is 1. The van der Waals surface area contributed by atoms with E-state index in [4.69, 9.17) is 5.11 Å². The molecule has 0 aromatic heterocycles. The molecule has 0 saturated carbocycles. The highest BCUT2D eigenvalue weighted by molar-refractivity contribution is 5.86. The van der Waals surface area contributed by atoms with Crippen molar-refractivity contribution < 1.29 is 28.3 Å². The summed E-state index contributed by atoms with van der Waals surface area (Å²) in [7, 11) is 0. The second kappa shape index (κ2) is 5.89. The smallest absolute Gasteiger partial charge is 0.387 e. The van der Waals surface area contributed by atoms with E-state index in [1.807, 2.05) is 0 Å². The van der Waals surface area contributed by atoms with E-state index >= 15 is 0 Å². The van der Waals surface area contributed by atoms with Crippen LogP contribution >= 0.6 is 0 Å². The normalized spacial score (nSPS) is 10.9. The highest BCUT2D eigenvalue weighted by Crippen LogP contribution is 2.34. The first-order chi connectivity index (χ1) is 8.82. The molecule has 0 amide bonds. The monoisotopic (exact) mass is 273 g/mol. The van der Waals surface area contributed by atoms with Gasteiger partial charge in [0.1, 0.15) is 0 Å². The summed E-state index contributed by atoms with van der Waals surface area (Å²) in [4.78, 5) is 20.4. The summed E-state index contributed by atoms with van der Waals surface area (Å²) in [6.07, 6.45) is 1.93. The lowest BCUT2D eigenvalue weighted by Crippen LogP contribution is -2.06. The summed E-state index contributed by atoms with van der Waals surface area (Å²) >= 11 is 0. The average molecular weight is 273 g/mol. The topological polar surface area (TPSA) is 89.7 Å². The molecule has 0 unspecified atom stereocenters. The minimum atomic E-state index is -3.18. The Bertz CT molecular complexity index is 542. The molecule has 19 heavy (non-hydrogen) atoms. The van der Waals surface area contributed by atoms with Crippen LogP contribution in [0.5, 0.6) is 5.75 Å². The Morgan fingerprint density at radius 1 is 1.53 bits per heavy atom. The summed E-state index contributed by atoms with van der Waals surface area (Å²) in [5.74, 6) is -1.79. The third-order valence-corrected chi connectivity index (χ3v) is 2.24. The summed E-state index contributed by atoms with van der Waals surface area (Å²) in [6, 6.07) is 2.26. The fourth-order valence-corrected chi connectivity index (χ4v) is 1.45. The molecular formula is C11H9F2NO5. The number of alkyl halides is 2. The van der Waals surface area contributed by atoms with Crippen LogP contribution in [0.15, 0.2) is 18.2 Å². The lowest BCUT2D eigenvalue weighted by molar-refractivity contribution is -0.387. The van der Waals surface area contributed by atoms with Gasteiger partial charge in [0.15, 0.2) is 0 Å². The second-order valence-corrected chi connectivity index (χ2v) is 3.43. The fraction of sp³-hybridized carbons (Fsp3) is 0.182. The Hall–Kier alpha value is -2.51. The first kappa shape index (κ1) is 14.6. The van der Waals surface area contributed by atoms with Gasteiger partial charge in [0.2, 0.25) is 5.75 Å². The lowest BCUT2D eigenvalue weighted by Gasteiger charge is -2.08. The number of carbonyl (C=O) groups is 1. The number of benzene rings is 1. The first-order valence-electron chi connectivity index (χ1n) is 4.96. The maximum atomic E-state index is 12.1. The summed E-state index contributed by atoms with van der Waals surface area (Å²) in [5, 5.41) is 19.3. The number of nitro benzene ring substituents is 1. The minimum absolute atomic E-state index is 0.0423. The number of hydrogen-bond acceptors (Lipinski definition) is 4. The van der Waals surface area contributed by atoms with Crippen molar-refractivity contribution in [3.63, 3.8) is 0 Å². The third-order valence-electron chi connectivity index (χ3n) is 2.24. The van der Waals surface area contributed by atoms with Gasteiger partial charge in [-0.2, -0.15) is 8.78 Å². The van der Waals surface area contributed by atoms with E-state index in [1.54, 1.807) is 0 Å². The van der Waals surface area contributed by atoms with E-state index in [1.165, 1.54) is 13.0 Å². The van der Waals surface area contributed by atoms with Crippen molar-refractivity contribution in [3.05, 3.63) is 39.4 Å². The van der Waals surface area contributed by atoms with Crippen LogP contribution in [0.4, 0.5) is 14.5 Å². The van der Waals surface area contributed by atoms with Gasteiger partial charge < -0.3 is 9.84 Å². The quantitative estimate of drug-likeness (QED) is 0.506. The number of carboxylic acid groups (broad SMARTS) is 1. The van der Waals surface area contributed by atoms with Crippen molar-refractivity contribution in [2.24, 2.45) is 0 Å². The molecule has 1 rings (SSSR count). The molecule has 6 nitrogen and oxygen atoms in total. The number of nitro groups is 1. The molecule has 0 heterocycles. The van der Waals surface area contributed by atoms with Crippen LogP contribution in [0.2, 0.25) is 0 Å². The average Bonchev–Trinajstić information content (AvgIpc) is 2.26. The van der Waals surface area contributed by atoms with Gasteiger partial charge in [-0.25, -0.2) is 4.79 Å². The van der Waals surface area contributed by atoms with E-state index in [0.717, 1.165) is 18.2 Å². The van der Waals surface area contributed by atoms with E-state index in [2.05, 4.69) is 4.74 Å². The van der Waals surface area contributed by atoms with Gasteiger partial charge in [-0.05, 0) is 24.6 Å². The number of rotatable bonds is 5. The molecular weight excluding hydrogens is 264 g/mol. The molecule has 1 aromatic carbocycles. The summed E-state index contributed by atoms with van der Waals surface area (Å²) in [6.45, 7) is -1.86. The van der Waals surface area contributed by atoms with Gasteiger partial charge in [0.25, 0.3) is 0 Å². The zero-order valence-electron chi connectivity index (χ0n) is 9.67. The zero-order valence-corrected chi connectivity index (χ0v) is 9.67. The van der Waals surface area contributed by atoms with Gasteiger partial charge in [0, 0.05) is 11.6 Å². The van der Waals surface area contributed by atoms with Crippen molar-refractivity contribution >= 4 is 17.7 Å². The van der Waals surface area contributed by atoms with E-state index in [0.29, 0.717) is 0 Å². The molecule has 0 fully saturated rings. The largest absolute Gasteiger partial charge is 0.478 e. The second-order valence-electron chi connectivity index (χ2n) is 3.43. The lowest BCUT2D eigenvalue weighted by atomic mass is 10.1. The maximum Gasteiger partial charge on any atom is 0.387 e. The predicted molar refractivity (Wildman–Crippen MR) is 61.1 cm³/mol. The molecule has 0 aliphatic carbocycles. The molecule has 1 N–H and O–H groups in total. The van der Waals surface area contributed by atoms with Gasteiger partial charge in [-0.1, -0.05) is 6.07 Å². The Labute approximate surface area is 106 Å². The summed E-state index contributed by atoms with van der Waals surface area (Å²) < 4.78 is 28.3. The van der Waals surface area contributed by atoms with Gasteiger partial charge in [-0.3, -0.25) is 10.1 Å².